The Hall–Kier alpha value is -1.70. The Bertz CT molecular complexity index is 918. The fourth-order valence-electron chi connectivity index (χ4n) is 9.50. The molecule has 2 heteroatoms. The smallest absolute Gasteiger partial charge is 0.145 e. The summed E-state index contributed by atoms with van der Waals surface area (Å²) in [7, 11) is 0. The van der Waals surface area contributed by atoms with Gasteiger partial charge < -0.3 is 4.79 Å². The Morgan fingerprint density at radius 2 is 1.51 bits per heavy atom. The van der Waals surface area contributed by atoms with Gasteiger partial charge >= 0.3 is 0 Å². The fourth-order valence-corrected chi connectivity index (χ4v) is 9.50. The second-order valence-corrected chi connectivity index (χ2v) is 14.3. The number of carbonyl (C=O) groups is 2. The maximum absolute atomic E-state index is 12.1. The summed E-state index contributed by atoms with van der Waals surface area (Å²) in [5.41, 5.74) is 3.98. The fraction of sp³-hybridized carbons (Fsp3) is 0.714. The van der Waals surface area contributed by atoms with Crippen LogP contribution in [0.3, 0.4) is 0 Å². The van der Waals surface area contributed by atoms with Gasteiger partial charge in [0.1, 0.15) is 12.6 Å². The molecule has 0 aliphatic heterocycles. The summed E-state index contributed by atoms with van der Waals surface area (Å²) in [6.45, 7) is 24.5. The maximum atomic E-state index is 12.1. The molecule has 0 aromatic heterocycles. The van der Waals surface area contributed by atoms with Crippen LogP contribution in [-0.2, 0) is 9.59 Å². The highest BCUT2D eigenvalue weighted by Crippen LogP contribution is 2.66. The van der Waals surface area contributed by atoms with Gasteiger partial charge in [0, 0.05) is 5.41 Å². The Morgan fingerprint density at radius 3 is 1.97 bits per heavy atom. The van der Waals surface area contributed by atoms with Gasteiger partial charge in [0.05, 0.1) is 0 Å². The van der Waals surface area contributed by atoms with Crippen molar-refractivity contribution in [3.8, 4) is 0 Å². The summed E-state index contributed by atoms with van der Waals surface area (Å²) in [5, 5.41) is 0. The number of hydrogen-bond donors (Lipinski definition) is 0. The molecule has 0 saturated heterocycles. The predicted molar refractivity (Wildman–Crippen MR) is 157 cm³/mol. The highest BCUT2D eigenvalue weighted by atomic mass is 16.1. The van der Waals surface area contributed by atoms with Crippen molar-refractivity contribution in [1.29, 1.82) is 0 Å². The Labute approximate surface area is 228 Å². The minimum Gasteiger partial charge on any atom is -0.303 e. The molecule has 0 aromatic rings. The van der Waals surface area contributed by atoms with Crippen molar-refractivity contribution in [1.82, 2.24) is 0 Å². The summed E-state index contributed by atoms with van der Waals surface area (Å²) >= 11 is 0. The van der Waals surface area contributed by atoms with E-state index < -0.39 is 0 Å². The van der Waals surface area contributed by atoms with E-state index in [0.717, 1.165) is 53.9 Å². The van der Waals surface area contributed by atoms with E-state index in [2.05, 4.69) is 60.4 Å². The van der Waals surface area contributed by atoms with Gasteiger partial charge in [-0.25, -0.2) is 0 Å². The third kappa shape index (κ3) is 5.84. The van der Waals surface area contributed by atoms with Crippen molar-refractivity contribution < 1.29 is 9.59 Å². The minimum absolute atomic E-state index is 0.0545. The second-order valence-electron chi connectivity index (χ2n) is 14.3. The number of hydrogen-bond acceptors (Lipinski definition) is 2. The van der Waals surface area contributed by atoms with Crippen LogP contribution in [0, 0.1) is 51.8 Å². The van der Waals surface area contributed by atoms with Crippen molar-refractivity contribution >= 4 is 12.6 Å². The summed E-state index contributed by atoms with van der Waals surface area (Å²) < 4.78 is 0. The summed E-state index contributed by atoms with van der Waals surface area (Å²) in [6, 6.07) is 0. The molecule has 7 unspecified atom stereocenters. The van der Waals surface area contributed by atoms with Crippen LogP contribution in [0.5, 0.6) is 0 Å². The van der Waals surface area contributed by atoms with E-state index in [0.29, 0.717) is 22.7 Å². The predicted octanol–water partition coefficient (Wildman–Crippen LogP) is 9.33. The van der Waals surface area contributed by atoms with E-state index in [4.69, 9.17) is 0 Å². The molecule has 0 aromatic carbocycles. The van der Waals surface area contributed by atoms with E-state index >= 15 is 0 Å². The molecule has 0 radical (unpaired) electrons. The first-order valence-corrected chi connectivity index (χ1v) is 14.9. The normalized spacial score (nSPS) is 38.2. The van der Waals surface area contributed by atoms with Crippen molar-refractivity contribution in [2.24, 2.45) is 51.8 Å². The lowest BCUT2D eigenvalue weighted by molar-refractivity contribution is -0.125. The summed E-state index contributed by atoms with van der Waals surface area (Å²) in [5.74, 6) is 4.35. The SMILES string of the molecule is C=C(C=O)C1C2CCC(C2)C1(C)C.C=CC(=C)C.CC1=CCC(C=O)(C2C3CCC(C3)C2(C)C)CCC1. The average Bonchev–Trinajstić information content (AvgIpc) is 3.59. The first-order chi connectivity index (χ1) is 17.3. The van der Waals surface area contributed by atoms with Crippen LogP contribution < -0.4 is 0 Å². The topological polar surface area (TPSA) is 34.1 Å². The first kappa shape index (κ1) is 29.9. The van der Waals surface area contributed by atoms with E-state index in [1.165, 1.54) is 63.2 Å². The second kappa shape index (κ2) is 11.6. The number of allylic oxidation sites excluding steroid dienone is 5. The van der Waals surface area contributed by atoms with Gasteiger partial charge in [-0.05, 0) is 130 Å². The standard InChI is InChI=1S/C18H28O.C12H18O.C5H8/c1-13-5-4-9-18(12-19,10-8-13)16-14-6-7-15(11-14)17(16,2)3;1-8(7-13)11-9-4-5-10(6-9)12(11,2)3;1-4-5(2)3/h8,12,14-16H,4-7,9-11H2,1-3H3;7,9-11H,1,4-6H2,2-3H3;4H,1-2H2,3H3. The molecule has 4 fully saturated rings. The van der Waals surface area contributed by atoms with Crippen LogP contribution in [0.15, 0.2) is 48.6 Å². The average molecular weight is 507 g/mol. The van der Waals surface area contributed by atoms with Gasteiger partial charge in [-0.3, -0.25) is 4.79 Å². The maximum Gasteiger partial charge on any atom is 0.145 e. The Balaban J connectivity index is 0.000000183. The zero-order chi connectivity index (χ0) is 27.6. The highest BCUT2D eigenvalue weighted by molar-refractivity contribution is 5.73. The van der Waals surface area contributed by atoms with Crippen molar-refractivity contribution in [3.63, 3.8) is 0 Å². The van der Waals surface area contributed by atoms with Crippen LogP contribution in [-0.4, -0.2) is 12.6 Å². The molecule has 206 valence electrons. The molecule has 0 spiro atoms. The van der Waals surface area contributed by atoms with Crippen LogP contribution >= 0.6 is 0 Å². The summed E-state index contributed by atoms with van der Waals surface area (Å²) in [6.07, 6.45) is 19.1. The van der Waals surface area contributed by atoms with Gasteiger partial charge in [0.25, 0.3) is 0 Å². The summed E-state index contributed by atoms with van der Waals surface area (Å²) in [4.78, 5) is 22.8. The van der Waals surface area contributed by atoms with Crippen LogP contribution in [0.25, 0.3) is 0 Å². The monoisotopic (exact) mass is 506 g/mol. The molecular formula is C35H54O2. The Kier molecular flexibility index (Phi) is 9.35. The van der Waals surface area contributed by atoms with Crippen LogP contribution in [0.4, 0.5) is 0 Å². The van der Waals surface area contributed by atoms with Gasteiger partial charge in [-0.15, -0.1) is 0 Å². The van der Waals surface area contributed by atoms with Crippen LogP contribution in [0.2, 0.25) is 0 Å². The molecule has 0 N–H and O–H groups in total. The van der Waals surface area contributed by atoms with Crippen LogP contribution in [0.1, 0.15) is 106 Å². The number of carbonyl (C=O) groups excluding carboxylic acids is 2. The van der Waals surface area contributed by atoms with Gasteiger partial charge in [0.15, 0.2) is 0 Å². The zero-order valence-corrected chi connectivity index (χ0v) is 24.8. The first-order valence-electron chi connectivity index (χ1n) is 14.9. The number of fused-ring (bicyclic) bond motifs is 4. The molecule has 0 amide bonds. The molecule has 4 bridgehead atoms. The quantitative estimate of drug-likeness (QED) is 0.161. The highest BCUT2D eigenvalue weighted by Gasteiger charge is 2.59. The molecule has 37 heavy (non-hydrogen) atoms. The minimum atomic E-state index is -0.0545. The lowest BCUT2D eigenvalue weighted by Gasteiger charge is -2.48. The number of aldehydes is 2. The third-order valence-corrected chi connectivity index (χ3v) is 11.4. The van der Waals surface area contributed by atoms with Crippen molar-refractivity contribution in [2.45, 2.75) is 106 Å². The molecule has 4 saturated carbocycles. The molecule has 2 nitrogen and oxygen atoms in total. The van der Waals surface area contributed by atoms with E-state index in [-0.39, 0.29) is 5.41 Å². The lowest BCUT2D eigenvalue weighted by atomic mass is 9.56. The third-order valence-electron chi connectivity index (χ3n) is 11.4. The van der Waals surface area contributed by atoms with Gasteiger partial charge in [0.2, 0.25) is 0 Å². The molecule has 5 rings (SSSR count). The number of rotatable bonds is 5. The van der Waals surface area contributed by atoms with E-state index in [1.807, 2.05) is 6.92 Å². The zero-order valence-electron chi connectivity index (χ0n) is 24.8. The molecule has 5 aliphatic carbocycles. The van der Waals surface area contributed by atoms with Gasteiger partial charge in [-0.1, -0.05) is 70.7 Å². The van der Waals surface area contributed by atoms with Gasteiger partial charge in [-0.2, -0.15) is 0 Å². The molecule has 0 heterocycles. The van der Waals surface area contributed by atoms with E-state index in [1.54, 1.807) is 6.08 Å². The molecular weight excluding hydrogens is 452 g/mol. The molecule has 5 aliphatic rings. The van der Waals surface area contributed by atoms with Crippen molar-refractivity contribution in [3.05, 3.63) is 48.6 Å². The largest absolute Gasteiger partial charge is 0.303 e. The Morgan fingerprint density at radius 1 is 0.946 bits per heavy atom. The van der Waals surface area contributed by atoms with E-state index in [9.17, 15) is 9.59 Å². The van der Waals surface area contributed by atoms with Crippen molar-refractivity contribution in [2.75, 3.05) is 0 Å². The lowest BCUT2D eigenvalue weighted by Crippen LogP contribution is -2.44. The molecule has 7 atom stereocenters.